The van der Waals surface area contributed by atoms with Gasteiger partial charge in [0.05, 0.1) is 17.1 Å². The van der Waals surface area contributed by atoms with Gasteiger partial charge in [-0.2, -0.15) is 0 Å². The van der Waals surface area contributed by atoms with Crippen LogP contribution in [0.2, 0.25) is 0 Å². The number of nitrogens with one attached hydrogen (secondary N) is 2. The first-order valence-corrected chi connectivity index (χ1v) is 12.1. The number of carbonyl (C=O) groups is 2. The predicted octanol–water partition coefficient (Wildman–Crippen LogP) is 6.02. The molecule has 0 aliphatic carbocycles. The van der Waals surface area contributed by atoms with E-state index in [4.69, 9.17) is 15.2 Å². The van der Waals surface area contributed by atoms with Gasteiger partial charge in [-0.05, 0) is 54.3 Å². The third kappa shape index (κ3) is 6.68. The van der Waals surface area contributed by atoms with E-state index in [1.807, 2.05) is 36.4 Å². The number of fused-ring (bicyclic) bond motifs is 1. The summed E-state index contributed by atoms with van der Waals surface area (Å²) < 4.78 is 11.7. The average Bonchev–Trinajstić information content (AvgIpc) is 2.92. The number of nitrogen functional groups attached to an aromatic ring is 1. The van der Waals surface area contributed by atoms with E-state index >= 15 is 0 Å². The van der Waals surface area contributed by atoms with Gasteiger partial charge in [0.15, 0.2) is 6.10 Å². The zero-order valence-corrected chi connectivity index (χ0v) is 20.8. The zero-order chi connectivity index (χ0) is 26.9. The Morgan fingerprint density at radius 3 is 2.34 bits per heavy atom. The molecule has 0 heterocycles. The van der Waals surface area contributed by atoms with Crippen LogP contribution in [0.1, 0.15) is 18.6 Å². The highest BCUT2D eigenvalue weighted by atomic mass is 16.6. The molecule has 2 amide bonds. The molecule has 0 aromatic heterocycles. The molecule has 0 fully saturated rings. The van der Waals surface area contributed by atoms with E-state index in [2.05, 4.69) is 10.6 Å². The number of phenolic OH excluding ortho intramolecular Hbond substituents is 1. The quantitative estimate of drug-likeness (QED) is 0.161. The maximum Gasteiger partial charge on any atom is 0.412 e. The summed E-state index contributed by atoms with van der Waals surface area (Å²) in [6.45, 7) is 2.10. The van der Waals surface area contributed by atoms with E-state index in [1.54, 1.807) is 49.4 Å². The number of anilines is 3. The molecule has 4 aromatic rings. The summed E-state index contributed by atoms with van der Waals surface area (Å²) in [6, 6.07) is 26.4. The van der Waals surface area contributed by atoms with Crippen molar-refractivity contribution in [3.63, 3.8) is 0 Å². The second-order valence-electron chi connectivity index (χ2n) is 8.42. The number of nitrogens with two attached hydrogens (primary N) is 1. The monoisotopic (exact) mass is 511 g/mol. The number of phenols is 1. The van der Waals surface area contributed by atoms with Crippen molar-refractivity contribution in [2.45, 2.75) is 19.1 Å². The van der Waals surface area contributed by atoms with Crippen molar-refractivity contribution in [1.82, 2.24) is 0 Å². The second-order valence-corrected chi connectivity index (χ2v) is 8.42. The van der Waals surface area contributed by atoms with Crippen molar-refractivity contribution in [2.75, 3.05) is 23.0 Å². The van der Waals surface area contributed by atoms with Crippen molar-refractivity contribution in [3.8, 4) is 5.75 Å². The molecule has 0 aliphatic rings. The van der Waals surface area contributed by atoms with E-state index < -0.39 is 24.2 Å². The van der Waals surface area contributed by atoms with Crippen LogP contribution in [0.25, 0.3) is 10.8 Å². The molecule has 2 atom stereocenters. The normalized spacial score (nSPS) is 12.7. The van der Waals surface area contributed by atoms with Gasteiger partial charge in [0.25, 0.3) is 0 Å². The maximum absolute atomic E-state index is 13.1. The van der Waals surface area contributed by atoms with Crippen molar-refractivity contribution >= 4 is 39.8 Å². The Balaban J connectivity index is 1.57. The lowest BCUT2D eigenvalue weighted by Crippen LogP contribution is -2.28. The molecule has 0 bridgehead atoms. The smallest absolute Gasteiger partial charge is 0.412 e. The van der Waals surface area contributed by atoms with Crippen LogP contribution >= 0.6 is 0 Å². The summed E-state index contributed by atoms with van der Waals surface area (Å²) in [6.07, 6.45) is 0.421. The fraction of sp³-hybridized carbons (Fsp3) is 0.133. The first kappa shape index (κ1) is 26.2. The van der Waals surface area contributed by atoms with E-state index in [1.165, 1.54) is 24.3 Å². The van der Waals surface area contributed by atoms with Crippen molar-refractivity contribution in [2.24, 2.45) is 0 Å². The van der Waals surface area contributed by atoms with Crippen molar-refractivity contribution in [3.05, 3.63) is 109 Å². The van der Waals surface area contributed by atoms with Gasteiger partial charge in [-0.3, -0.25) is 10.1 Å². The van der Waals surface area contributed by atoms with Gasteiger partial charge < -0.3 is 25.6 Å². The van der Waals surface area contributed by atoms with Gasteiger partial charge in [-0.25, -0.2) is 4.79 Å². The maximum atomic E-state index is 13.1. The van der Waals surface area contributed by atoms with Crippen LogP contribution in [0.5, 0.6) is 5.75 Å². The first-order valence-electron chi connectivity index (χ1n) is 12.1. The van der Waals surface area contributed by atoms with Crippen LogP contribution in [0.3, 0.4) is 0 Å². The number of ether oxygens (including phenoxy) is 2. The molecular weight excluding hydrogens is 482 g/mol. The Labute approximate surface area is 220 Å². The van der Waals surface area contributed by atoms with E-state index in [0.29, 0.717) is 29.2 Å². The first-order chi connectivity index (χ1) is 18.4. The van der Waals surface area contributed by atoms with Gasteiger partial charge in [0.2, 0.25) is 5.91 Å². The van der Waals surface area contributed by atoms with E-state index in [9.17, 15) is 14.7 Å². The third-order valence-electron chi connectivity index (χ3n) is 5.80. The Hall–Kier alpha value is -4.82. The Bertz CT molecular complexity index is 1430. The van der Waals surface area contributed by atoms with Gasteiger partial charge in [-0.15, -0.1) is 0 Å². The Kier molecular flexibility index (Phi) is 8.58. The number of hydrogen-bond acceptors (Lipinski definition) is 6. The molecule has 194 valence electrons. The highest BCUT2D eigenvalue weighted by molar-refractivity contribution is 6.01. The van der Waals surface area contributed by atoms with Crippen LogP contribution in [-0.4, -0.2) is 29.8 Å². The fourth-order valence-electron chi connectivity index (χ4n) is 3.98. The molecule has 5 N–H and O–H groups in total. The minimum Gasteiger partial charge on any atom is -0.508 e. The Morgan fingerprint density at radius 2 is 1.58 bits per heavy atom. The summed E-state index contributed by atoms with van der Waals surface area (Å²) >= 11 is 0. The largest absolute Gasteiger partial charge is 0.508 e. The lowest BCUT2D eigenvalue weighted by atomic mass is 10.0. The molecule has 0 aliphatic heterocycles. The molecule has 0 spiro atoms. The molecular formula is C30H29N3O5. The summed E-state index contributed by atoms with van der Waals surface area (Å²) in [4.78, 5) is 25.7. The summed E-state index contributed by atoms with van der Waals surface area (Å²) in [5.74, 6) is -0.353. The highest BCUT2D eigenvalue weighted by Gasteiger charge is 2.27. The SMILES string of the molecule is CCO[C@@H](/C=C/C(=O)Nc1ccccc1N)[C@@H](OC(=O)Nc1cccc2ccccc12)c1ccc(O)cc1. The van der Waals surface area contributed by atoms with Gasteiger partial charge in [0.1, 0.15) is 11.9 Å². The van der Waals surface area contributed by atoms with Crippen molar-refractivity contribution < 1.29 is 24.2 Å². The Morgan fingerprint density at radius 1 is 0.895 bits per heavy atom. The van der Waals surface area contributed by atoms with Gasteiger partial charge in [-0.1, -0.05) is 60.7 Å². The number of amides is 2. The number of para-hydroxylation sites is 2. The van der Waals surface area contributed by atoms with E-state index in [0.717, 1.165) is 10.8 Å². The van der Waals surface area contributed by atoms with Crippen LogP contribution in [-0.2, 0) is 14.3 Å². The molecule has 0 unspecified atom stereocenters. The fourth-order valence-corrected chi connectivity index (χ4v) is 3.98. The van der Waals surface area contributed by atoms with Crippen LogP contribution < -0.4 is 16.4 Å². The number of carbonyl (C=O) groups excluding carboxylic acids is 2. The average molecular weight is 512 g/mol. The van der Waals surface area contributed by atoms with E-state index in [-0.39, 0.29) is 5.75 Å². The standard InChI is InChI=1S/C30H29N3O5/c1-2-37-27(18-19-28(35)32-26-12-6-5-11-24(26)31)29(21-14-16-22(34)17-15-21)38-30(36)33-25-13-7-9-20-8-3-4-10-23(20)25/h3-19,27,29,34H,2,31H2,1H3,(H,32,35)(H,33,36)/b19-18+/t27-,29-/m0/s1. The van der Waals surface area contributed by atoms with Crippen LogP contribution in [0.4, 0.5) is 21.9 Å². The number of aromatic hydroxyl groups is 1. The predicted molar refractivity (Wildman–Crippen MR) is 149 cm³/mol. The minimum absolute atomic E-state index is 0.0658. The number of rotatable bonds is 9. The topological polar surface area (TPSA) is 123 Å². The van der Waals surface area contributed by atoms with Crippen LogP contribution in [0.15, 0.2) is 103 Å². The summed E-state index contributed by atoms with van der Waals surface area (Å²) in [5, 5.41) is 17.1. The minimum atomic E-state index is -0.920. The molecule has 4 rings (SSSR count). The van der Waals surface area contributed by atoms with Crippen molar-refractivity contribution in [1.29, 1.82) is 0 Å². The molecule has 4 aromatic carbocycles. The lowest BCUT2D eigenvalue weighted by molar-refractivity contribution is -0.112. The number of benzene rings is 4. The molecule has 8 heteroatoms. The summed E-state index contributed by atoms with van der Waals surface area (Å²) in [7, 11) is 0. The highest BCUT2D eigenvalue weighted by Crippen LogP contribution is 2.29. The lowest BCUT2D eigenvalue weighted by Gasteiger charge is -2.25. The van der Waals surface area contributed by atoms with Gasteiger partial charge >= 0.3 is 6.09 Å². The zero-order valence-electron chi connectivity index (χ0n) is 20.8. The molecule has 0 radical (unpaired) electrons. The van der Waals surface area contributed by atoms with Gasteiger partial charge in [0, 0.05) is 18.1 Å². The third-order valence-corrected chi connectivity index (χ3v) is 5.80. The number of hydrogen-bond donors (Lipinski definition) is 4. The molecule has 0 saturated heterocycles. The molecule has 38 heavy (non-hydrogen) atoms. The van der Waals surface area contributed by atoms with Crippen LogP contribution in [0, 0.1) is 0 Å². The molecule has 0 saturated carbocycles. The second kappa shape index (κ2) is 12.4. The molecule has 8 nitrogen and oxygen atoms in total. The summed E-state index contributed by atoms with van der Waals surface area (Å²) in [5.41, 5.74) is 8.01.